The van der Waals surface area contributed by atoms with E-state index in [2.05, 4.69) is 48.6 Å². The van der Waals surface area contributed by atoms with Crippen LogP contribution in [0.1, 0.15) is 18.4 Å². The van der Waals surface area contributed by atoms with Gasteiger partial charge in [0.2, 0.25) is 0 Å². The van der Waals surface area contributed by atoms with E-state index in [1.54, 1.807) is 7.11 Å². The Hall–Kier alpha value is -0.100. The molecule has 0 spiro atoms. The Balaban J connectivity index is 1.91. The summed E-state index contributed by atoms with van der Waals surface area (Å²) in [6, 6.07) is 4.12. The molecule has 2 N–H and O–H groups in total. The van der Waals surface area contributed by atoms with Gasteiger partial charge in [0.15, 0.2) is 0 Å². The third-order valence-corrected chi connectivity index (χ3v) is 4.54. The van der Waals surface area contributed by atoms with Gasteiger partial charge >= 0.3 is 0 Å². The number of piperidine rings is 1. The normalized spacial score (nSPS) is 16.6. The first kappa shape index (κ1) is 15.3. The molecule has 0 amide bonds. The summed E-state index contributed by atoms with van der Waals surface area (Å²) < 4.78 is 7.51. The molecule has 0 bridgehead atoms. The van der Waals surface area contributed by atoms with E-state index in [1.807, 2.05) is 6.07 Å². The molecular formula is C14H20Br2N2O. The van der Waals surface area contributed by atoms with Gasteiger partial charge < -0.3 is 15.4 Å². The van der Waals surface area contributed by atoms with E-state index in [-0.39, 0.29) is 0 Å². The number of benzene rings is 1. The maximum atomic E-state index is 5.46. The molecule has 5 heteroatoms. The zero-order chi connectivity index (χ0) is 13.7. The number of nitrogens with one attached hydrogen (secondary N) is 2. The van der Waals surface area contributed by atoms with Gasteiger partial charge in [0, 0.05) is 16.6 Å². The molecule has 1 aliphatic rings. The lowest BCUT2D eigenvalue weighted by molar-refractivity contribution is 0.354. The first-order valence-electron chi connectivity index (χ1n) is 6.64. The van der Waals surface area contributed by atoms with Crippen LogP contribution in [0.25, 0.3) is 0 Å². The highest BCUT2D eigenvalue weighted by Crippen LogP contribution is 2.32. The predicted molar refractivity (Wildman–Crippen MR) is 85.7 cm³/mol. The van der Waals surface area contributed by atoms with Crippen LogP contribution in [0.4, 0.5) is 0 Å². The molecule has 3 nitrogen and oxygen atoms in total. The van der Waals surface area contributed by atoms with Gasteiger partial charge in [-0.15, -0.1) is 0 Å². The fraction of sp³-hybridized carbons (Fsp3) is 0.571. The van der Waals surface area contributed by atoms with Crippen LogP contribution in [0.15, 0.2) is 21.1 Å². The van der Waals surface area contributed by atoms with Crippen LogP contribution in [0, 0.1) is 5.92 Å². The Morgan fingerprint density at radius 3 is 2.74 bits per heavy atom. The molecule has 106 valence electrons. The molecule has 0 unspecified atom stereocenters. The van der Waals surface area contributed by atoms with Crippen molar-refractivity contribution in [1.29, 1.82) is 0 Å². The fourth-order valence-corrected chi connectivity index (χ4v) is 3.95. The van der Waals surface area contributed by atoms with E-state index in [4.69, 9.17) is 4.74 Å². The molecule has 0 saturated carbocycles. The Morgan fingerprint density at radius 2 is 2.05 bits per heavy atom. The van der Waals surface area contributed by atoms with Gasteiger partial charge in [-0.05, 0) is 66.5 Å². The summed E-state index contributed by atoms with van der Waals surface area (Å²) in [5.41, 5.74) is 1.18. The van der Waals surface area contributed by atoms with Gasteiger partial charge in [-0.2, -0.15) is 0 Å². The number of methoxy groups -OCH3 is 1. The quantitative estimate of drug-likeness (QED) is 0.807. The molecule has 0 aromatic heterocycles. The Kier molecular flexibility index (Phi) is 6.13. The van der Waals surface area contributed by atoms with Gasteiger partial charge in [-0.3, -0.25) is 0 Å². The molecule has 1 fully saturated rings. The number of rotatable bonds is 5. The van der Waals surface area contributed by atoms with Gasteiger partial charge in [0.1, 0.15) is 5.75 Å². The van der Waals surface area contributed by atoms with Crippen molar-refractivity contribution in [3.63, 3.8) is 0 Å². The fourth-order valence-electron chi connectivity index (χ4n) is 2.47. The van der Waals surface area contributed by atoms with Gasteiger partial charge in [0.25, 0.3) is 0 Å². The third kappa shape index (κ3) is 4.45. The van der Waals surface area contributed by atoms with E-state index in [9.17, 15) is 0 Å². The molecule has 2 rings (SSSR count). The van der Waals surface area contributed by atoms with E-state index in [0.717, 1.165) is 46.8 Å². The summed E-state index contributed by atoms with van der Waals surface area (Å²) in [5.74, 6) is 1.71. The summed E-state index contributed by atoms with van der Waals surface area (Å²) in [5, 5.41) is 6.95. The van der Waals surface area contributed by atoms with Crippen molar-refractivity contribution in [1.82, 2.24) is 10.6 Å². The summed E-state index contributed by atoms with van der Waals surface area (Å²) >= 11 is 7.06. The van der Waals surface area contributed by atoms with Gasteiger partial charge in [-0.1, -0.05) is 15.9 Å². The van der Waals surface area contributed by atoms with Crippen molar-refractivity contribution in [2.75, 3.05) is 26.7 Å². The zero-order valence-corrected chi connectivity index (χ0v) is 14.3. The number of halogens is 2. The SMILES string of the molecule is COc1c(Br)cc(Br)cc1CNCC1CCNCC1. The van der Waals surface area contributed by atoms with Crippen LogP contribution in [-0.2, 0) is 6.54 Å². The highest BCUT2D eigenvalue weighted by Gasteiger charge is 2.13. The number of hydrogen-bond acceptors (Lipinski definition) is 3. The minimum Gasteiger partial charge on any atom is -0.495 e. The molecule has 1 aromatic rings. The summed E-state index contributed by atoms with van der Waals surface area (Å²) in [7, 11) is 1.71. The summed E-state index contributed by atoms with van der Waals surface area (Å²) in [6.07, 6.45) is 2.54. The molecule has 19 heavy (non-hydrogen) atoms. The lowest BCUT2D eigenvalue weighted by Gasteiger charge is -2.23. The Labute approximate surface area is 131 Å². The van der Waals surface area contributed by atoms with Crippen LogP contribution in [0.5, 0.6) is 5.75 Å². The average molecular weight is 392 g/mol. The second-order valence-corrected chi connectivity index (χ2v) is 6.67. The lowest BCUT2D eigenvalue weighted by Crippen LogP contribution is -2.33. The summed E-state index contributed by atoms with van der Waals surface area (Å²) in [4.78, 5) is 0. The highest BCUT2D eigenvalue weighted by atomic mass is 79.9. The third-order valence-electron chi connectivity index (χ3n) is 3.50. The average Bonchev–Trinajstić information content (AvgIpc) is 2.39. The van der Waals surface area contributed by atoms with Crippen molar-refractivity contribution >= 4 is 31.9 Å². The monoisotopic (exact) mass is 390 g/mol. The minimum absolute atomic E-state index is 0.794. The van der Waals surface area contributed by atoms with Crippen molar-refractivity contribution in [3.05, 3.63) is 26.6 Å². The molecule has 1 saturated heterocycles. The number of ether oxygens (including phenoxy) is 1. The second kappa shape index (κ2) is 7.62. The van der Waals surface area contributed by atoms with Crippen molar-refractivity contribution in [2.24, 2.45) is 5.92 Å². The van der Waals surface area contributed by atoms with Crippen molar-refractivity contribution < 1.29 is 4.74 Å². The number of hydrogen-bond donors (Lipinski definition) is 2. The molecule has 1 aromatic carbocycles. The maximum Gasteiger partial charge on any atom is 0.137 e. The lowest BCUT2D eigenvalue weighted by atomic mass is 9.98. The molecule has 0 atom stereocenters. The Morgan fingerprint density at radius 1 is 1.32 bits per heavy atom. The van der Waals surface area contributed by atoms with Crippen molar-refractivity contribution in [3.8, 4) is 5.75 Å². The molecule has 0 aliphatic carbocycles. The van der Waals surface area contributed by atoms with Crippen molar-refractivity contribution in [2.45, 2.75) is 19.4 Å². The van der Waals surface area contributed by atoms with E-state index in [1.165, 1.54) is 18.4 Å². The molecule has 1 aliphatic heterocycles. The maximum absolute atomic E-state index is 5.46. The first-order valence-corrected chi connectivity index (χ1v) is 8.22. The smallest absolute Gasteiger partial charge is 0.137 e. The van der Waals surface area contributed by atoms with E-state index < -0.39 is 0 Å². The van der Waals surface area contributed by atoms with Gasteiger partial charge in [0.05, 0.1) is 11.6 Å². The largest absolute Gasteiger partial charge is 0.495 e. The summed E-state index contributed by atoms with van der Waals surface area (Å²) in [6.45, 7) is 4.22. The van der Waals surface area contributed by atoms with Crippen LogP contribution >= 0.6 is 31.9 Å². The topological polar surface area (TPSA) is 33.3 Å². The predicted octanol–water partition coefficient (Wildman–Crippen LogP) is 3.31. The zero-order valence-electron chi connectivity index (χ0n) is 11.1. The van der Waals surface area contributed by atoms with Crippen LogP contribution in [0.3, 0.4) is 0 Å². The standard InChI is InChI=1S/C14H20Br2N2O/c1-19-14-11(6-12(15)7-13(14)16)9-18-8-10-2-4-17-5-3-10/h6-7,10,17-18H,2-5,8-9H2,1H3. The van der Waals surface area contributed by atoms with Crippen LogP contribution < -0.4 is 15.4 Å². The minimum atomic E-state index is 0.794. The highest BCUT2D eigenvalue weighted by molar-refractivity contribution is 9.11. The first-order chi connectivity index (χ1) is 9.20. The molecule has 0 radical (unpaired) electrons. The second-order valence-electron chi connectivity index (χ2n) is 4.90. The van der Waals surface area contributed by atoms with E-state index in [0.29, 0.717) is 0 Å². The van der Waals surface area contributed by atoms with Crippen LogP contribution in [-0.4, -0.2) is 26.7 Å². The van der Waals surface area contributed by atoms with E-state index >= 15 is 0 Å². The Bertz CT molecular complexity index is 420. The molecule has 1 heterocycles. The molecular weight excluding hydrogens is 372 g/mol. The van der Waals surface area contributed by atoms with Crippen LogP contribution in [0.2, 0.25) is 0 Å². The van der Waals surface area contributed by atoms with Gasteiger partial charge in [-0.25, -0.2) is 0 Å².